The zero-order valence-electron chi connectivity index (χ0n) is 15.1. The van der Waals surface area contributed by atoms with Crippen molar-refractivity contribution in [2.75, 3.05) is 16.6 Å². The van der Waals surface area contributed by atoms with Crippen LogP contribution in [-0.2, 0) is 10.0 Å². The molecule has 1 aliphatic rings. The van der Waals surface area contributed by atoms with Gasteiger partial charge in [-0.3, -0.25) is 9.10 Å². The number of sulfonamides is 1. The summed E-state index contributed by atoms with van der Waals surface area (Å²) in [5.74, 6) is -0.0530. The van der Waals surface area contributed by atoms with Gasteiger partial charge in [0.2, 0.25) is 10.0 Å². The molecule has 0 radical (unpaired) electrons. The molecule has 138 valence electrons. The first-order valence-corrected chi connectivity index (χ1v) is 10.5. The maximum absolute atomic E-state index is 12.6. The van der Waals surface area contributed by atoms with Crippen LogP contribution < -0.4 is 9.62 Å². The summed E-state index contributed by atoms with van der Waals surface area (Å²) in [4.78, 5) is 12.6. The van der Waals surface area contributed by atoms with Crippen LogP contribution in [0.4, 0.5) is 5.69 Å². The standard InChI is InChI=1S/C20H24N2O3S/c1-15-8-10-17(11-9-15)16(2)21-20(23)18-6-5-7-19(14-18)22-12-3-4-13-26(22,24)25/h5-11,14,16H,3-4,12-13H2,1-2H3,(H,21,23)/t16-/m0/s1. The number of nitrogens with zero attached hydrogens (tertiary/aromatic N) is 1. The summed E-state index contributed by atoms with van der Waals surface area (Å²) in [5, 5.41) is 2.98. The molecule has 26 heavy (non-hydrogen) atoms. The Hall–Kier alpha value is -2.34. The molecular weight excluding hydrogens is 348 g/mol. The molecule has 1 N–H and O–H groups in total. The molecule has 0 saturated carbocycles. The van der Waals surface area contributed by atoms with Gasteiger partial charge in [-0.15, -0.1) is 0 Å². The molecule has 1 saturated heterocycles. The second-order valence-electron chi connectivity index (χ2n) is 6.75. The highest BCUT2D eigenvalue weighted by Crippen LogP contribution is 2.24. The smallest absolute Gasteiger partial charge is 0.251 e. The number of rotatable bonds is 4. The highest BCUT2D eigenvalue weighted by Gasteiger charge is 2.26. The number of aryl methyl sites for hydroxylation is 1. The largest absolute Gasteiger partial charge is 0.346 e. The van der Waals surface area contributed by atoms with E-state index in [2.05, 4.69) is 5.32 Å². The molecule has 1 atom stereocenters. The Bertz CT molecular complexity index is 892. The minimum absolute atomic E-state index is 0.134. The molecule has 6 heteroatoms. The fourth-order valence-corrected chi connectivity index (χ4v) is 4.73. The van der Waals surface area contributed by atoms with Gasteiger partial charge in [0, 0.05) is 12.1 Å². The van der Waals surface area contributed by atoms with Crippen molar-refractivity contribution in [3.05, 3.63) is 65.2 Å². The second-order valence-corrected chi connectivity index (χ2v) is 8.76. The van der Waals surface area contributed by atoms with Crippen LogP contribution >= 0.6 is 0 Å². The van der Waals surface area contributed by atoms with E-state index in [0.717, 1.165) is 12.0 Å². The third kappa shape index (κ3) is 4.07. The summed E-state index contributed by atoms with van der Waals surface area (Å²) in [6.45, 7) is 4.42. The summed E-state index contributed by atoms with van der Waals surface area (Å²) in [5.41, 5.74) is 3.21. The minimum Gasteiger partial charge on any atom is -0.346 e. The van der Waals surface area contributed by atoms with E-state index in [1.54, 1.807) is 24.3 Å². The van der Waals surface area contributed by atoms with Gasteiger partial charge < -0.3 is 5.32 Å². The first kappa shape index (κ1) is 18.5. The lowest BCUT2D eigenvalue weighted by Crippen LogP contribution is -2.38. The van der Waals surface area contributed by atoms with Gasteiger partial charge >= 0.3 is 0 Å². The Balaban J connectivity index is 1.77. The Labute approximate surface area is 155 Å². The lowest BCUT2D eigenvalue weighted by molar-refractivity contribution is 0.0940. The molecule has 2 aromatic rings. The lowest BCUT2D eigenvalue weighted by Gasteiger charge is -2.28. The van der Waals surface area contributed by atoms with E-state index in [-0.39, 0.29) is 17.7 Å². The van der Waals surface area contributed by atoms with Crippen molar-refractivity contribution < 1.29 is 13.2 Å². The second kappa shape index (κ2) is 7.50. The van der Waals surface area contributed by atoms with Crippen LogP contribution in [0.25, 0.3) is 0 Å². The molecule has 0 aliphatic carbocycles. The highest BCUT2D eigenvalue weighted by atomic mass is 32.2. The summed E-state index contributed by atoms with van der Waals surface area (Å²) < 4.78 is 26.0. The molecule has 5 nitrogen and oxygen atoms in total. The lowest BCUT2D eigenvalue weighted by atomic mass is 10.1. The van der Waals surface area contributed by atoms with Crippen LogP contribution in [0.2, 0.25) is 0 Å². The van der Waals surface area contributed by atoms with Gasteiger partial charge in [-0.1, -0.05) is 35.9 Å². The third-order valence-electron chi connectivity index (χ3n) is 4.67. The van der Waals surface area contributed by atoms with E-state index in [9.17, 15) is 13.2 Å². The number of hydrogen-bond acceptors (Lipinski definition) is 3. The molecule has 3 rings (SSSR count). The molecule has 1 heterocycles. The van der Waals surface area contributed by atoms with Crippen molar-refractivity contribution in [3.63, 3.8) is 0 Å². The first-order chi connectivity index (χ1) is 12.4. The fraction of sp³-hybridized carbons (Fsp3) is 0.350. The van der Waals surface area contributed by atoms with Crippen LogP contribution in [0.1, 0.15) is 47.3 Å². The van der Waals surface area contributed by atoms with Gasteiger partial charge in [0.15, 0.2) is 0 Å². The van der Waals surface area contributed by atoms with Crippen LogP contribution in [0.15, 0.2) is 48.5 Å². The van der Waals surface area contributed by atoms with Crippen molar-refractivity contribution in [1.29, 1.82) is 0 Å². The summed E-state index contributed by atoms with van der Waals surface area (Å²) in [7, 11) is -3.29. The van der Waals surface area contributed by atoms with Crippen LogP contribution in [0.3, 0.4) is 0 Å². The number of nitrogens with one attached hydrogen (secondary N) is 1. The van der Waals surface area contributed by atoms with E-state index in [1.165, 1.54) is 9.87 Å². The Morgan fingerprint density at radius 3 is 2.54 bits per heavy atom. The molecule has 0 unspecified atom stereocenters. The average molecular weight is 372 g/mol. The summed E-state index contributed by atoms with van der Waals surface area (Å²) >= 11 is 0. The fourth-order valence-electron chi connectivity index (χ4n) is 3.10. The molecule has 1 amide bonds. The van der Waals surface area contributed by atoms with Gasteiger partial charge in [0.1, 0.15) is 0 Å². The Morgan fingerprint density at radius 1 is 1.12 bits per heavy atom. The van der Waals surface area contributed by atoms with Crippen LogP contribution in [-0.4, -0.2) is 26.6 Å². The van der Waals surface area contributed by atoms with Gasteiger partial charge in [-0.05, 0) is 50.5 Å². The van der Waals surface area contributed by atoms with E-state index in [0.29, 0.717) is 24.2 Å². The Morgan fingerprint density at radius 2 is 1.85 bits per heavy atom. The summed E-state index contributed by atoms with van der Waals surface area (Å²) in [6.07, 6.45) is 1.52. The normalized spacial score (nSPS) is 17.5. The predicted octanol–water partition coefficient (Wildman–Crippen LogP) is 3.42. The molecule has 0 aromatic heterocycles. The van der Waals surface area contributed by atoms with E-state index in [1.807, 2.05) is 38.1 Å². The number of benzene rings is 2. The van der Waals surface area contributed by atoms with E-state index < -0.39 is 10.0 Å². The van der Waals surface area contributed by atoms with Crippen LogP contribution in [0.5, 0.6) is 0 Å². The number of amides is 1. The predicted molar refractivity (Wildman–Crippen MR) is 104 cm³/mol. The van der Waals surface area contributed by atoms with Crippen molar-refractivity contribution in [2.24, 2.45) is 0 Å². The van der Waals surface area contributed by atoms with E-state index >= 15 is 0 Å². The van der Waals surface area contributed by atoms with Crippen molar-refractivity contribution in [1.82, 2.24) is 5.32 Å². The van der Waals surface area contributed by atoms with Crippen molar-refractivity contribution in [3.8, 4) is 0 Å². The quantitative estimate of drug-likeness (QED) is 0.894. The van der Waals surface area contributed by atoms with Gasteiger partial charge in [0.05, 0.1) is 17.5 Å². The zero-order chi connectivity index (χ0) is 18.7. The average Bonchev–Trinajstić information content (AvgIpc) is 2.62. The molecule has 1 fully saturated rings. The molecule has 1 aliphatic heterocycles. The first-order valence-electron chi connectivity index (χ1n) is 8.85. The number of anilines is 1. The SMILES string of the molecule is Cc1ccc([C@H](C)NC(=O)c2cccc(N3CCCCS3(=O)=O)c2)cc1. The van der Waals surface area contributed by atoms with Crippen molar-refractivity contribution >= 4 is 21.6 Å². The van der Waals surface area contributed by atoms with Crippen molar-refractivity contribution in [2.45, 2.75) is 32.7 Å². The van der Waals surface area contributed by atoms with Gasteiger partial charge in [-0.25, -0.2) is 8.42 Å². The van der Waals surface area contributed by atoms with E-state index in [4.69, 9.17) is 0 Å². The minimum atomic E-state index is -3.29. The number of carbonyl (C=O) groups excluding carboxylic acids is 1. The zero-order valence-corrected chi connectivity index (χ0v) is 15.9. The maximum Gasteiger partial charge on any atom is 0.251 e. The maximum atomic E-state index is 12.6. The number of carbonyl (C=O) groups is 1. The molecule has 2 aromatic carbocycles. The topological polar surface area (TPSA) is 66.5 Å². The van der Waals surface area contributed by atoms with Gasteiger partial charge in [0.25, 0.3) is 5.91 Å². The van der Waals surface area contributed by atoms with Crippen LogP contribution in [0, 0.1) is 6.92 Å². The molecule has 0 spiro atoms. The molecular formula is C20H24N2O3S. The monoisotopic (exact) mass is 372 g/mol. The Kier molecular flexibility index (Phi) is 5.32. The van der Waals surface area contributed by atoms with Gasteiger partial charge in [-0.2, -0.15) is 0 Å². The molecule has 0 bridgehead atoms. The highest BCUT2D eigenvalue weighted by molar-refractivity contribution is 7.92. The third-order valence-corrected chi connectivity index (χ3v) is 6.54. The number of hydrogen-bond donors (Lipinski definition) is 1. The summed E-state index contributed by atoms with van der Waals surface area (Å²) in [6, 6.07) is 14.7.